The molecule has 0 bridgehead atoms. The molecule has 1 amide bonds. The van der Waals surface area contributed by atoms with Gasteiger partial charge in [0.2, 0.25) is 5.91 Å². The van der Waals surface area contributed by atoms with E-state index in [1.54, 1.807) is 0 Å². The van der Waals surface area contributed by atoms with Crippen LogP contribution in [0.15, 0.2) is 0 Å². The Morgan fingerprint density at radius 1 is 1.46 bits per heavy atom. The minimum Gasteiger partial charge on any atom is -0.355 e. The van der Waals surface area contributed by atoms with Gasteiger partial charge in [0.05, 0.1) is 0 Å². The van der Waals surface area contributed by atoms with Crippen LogP contribution in [-0.2, 0) is 4.79 Å². The van der Waals surface area contributed by atoms with Gasteiger partial charge < -0.3 is 5.32 Å². The Bertz CT molecular complexity index is 189. The van der Waals surface area contributed by atoms with E-state index in [1.807, 2.05) is 20.8 Å². The molecule has 0 heterocycles. The van der Waals surface area contributed by atoms with Gasteiger partial charge >= 0.3 is 0 Å². The van der Waals surface area contributed by atoms with Gasteiger partial charge in [0.15, 0.2) is 0 Å². The molecule has 0 aromatic rings. The molecule has 0 aromatic carbocycles. The quantitative estimate of drug-likeness (QED) is 0.714. The van der Waals surface area contributed by atoms with Crippen LogP contribution in [0.1, 0.15) is 40.5 Å². The number of hydrogen-bond donors (Lipinski definition) is 1. The van der Waals surface area contributed by atoms with E-state index >= 15 is 0 Å². The van der Waals surface area contributed by atoms with Crippen molar-refractivity contribution in [3.63, 3.8) is 0 Å². The molecule has 1 saturated carbocycles. The summed E-state index contributed by atoms with van der Waals surface area (Å²) in [5, 5.41) is 3.00. The van der Waals surface area contributed by atoms with Crippen LogP contribution in [0.25, 0.3) is 0 Å². The number of nitrogens with one attached hydrogen (secondary N) is 1. The first-order chi connectivity index (χ1) is 5.91. The second-order valence-corrected chi connectivity index (χ2v) is 5.27. The second kappa shape index (κ2) is 3.69. The molecule has 1 N–H and O–H groups in total. The molecule has 0 radical (unpaired) electrons. The van der Waals surface area contributed by atoms with E-state index in [0.29, 0.717) is 5.92 Å². The molecule has 0 saturated heterocycles. The lowest BCUT2D eigenvalue weighted by molar-refractivity contribution is -0.128. The summed E-state index contributed by atoms with van der Waals surface area (Å²) in [6.07, 6.45) is 2.71. The van der Waals surface area contributed by atoms with Crippen molar-refractivity contribution in [2.45, 2.75) is 40.5 Å². The molecule has 2 nitrogen and oxygen atoms in total. The van der Waals surface area contributed by atoms with Gasteiger partial charge in [-0.15, -0.1) is 0 Å². The highest BCUT2D eigenvalue weighted by Gasteiger charge is 2.29. The number of carbonyl (C=O) groups is 1. The Morgan fingerprint density at radius 3 is 2.38 bits per heavy atom. The van der Waals surface area contributed by atoms with E-state index in [4.69, 9.17) is 0 Å². The van der Waals surface area contributed by atoms with Crippen molar-refractivity contribution in [3.8, 4) is 0 Å². The van der Waals surface area contributed by atoms with Gasteiger partial charge in [0, 0.05) is 12.0 Å². The Balaban J connectivity index is 2.21. The fourth-order valence-corrected chi connectivity index (χ4v) is 1.35. The molecular weight excluding hydrogens is 162 g/mol. The molecule has 1 aliphatic rings. The third-order valence-corrected chi connectivity index (χ3v) is 2.69. The van der Waals surface area contributed by atoms with E-state index in [2.05, 4.69) is 12.2 Å². The molecule has 1 unspecified atom stereocenters. The third-order valence-electron chi connectivity index (χ3n) is 2.69. The van der Waals surface area contributed by atoms with Gasteiger partial charge in [0.1, 0.15) is 0 Å². The molecule has 1 rings (SSSR count). The van der Waals surface area contributed by atoms with Gasteiger partial charge in [-0.2, -0.15) is 0 Å². The van der Waals surface area contributed by atoms with Crippen molar-refractivity contribution in [1.29, 1.82) is 0 Å². The summed E-state index contributed by atoms with van der Waals surface area (Å²) in [6.45, 7) is 8.92. The van der Waals surface area contributed by atoms with E-state index < -0.39 is 0 Å². The van der Waals surface area contributed by atoms with Crippen molar-refractivity contribution in [3.05, 3.63) is 0 Å². The van der Waals surface area contributed by atoms with E-state index in [1.165, 1.54) is 12.8 Å². The highest BCUT2D eigenvalue weighted by atomic mass is 16.2. The minimum atomic E-state index is -0.247. The summed E-state index contributed by atoms with van der Waals surface area (Å²) in [5.74, 6) is 1.70. The number of hydrogen-bond acceptors (Lipinski definition) is 1. The van der Waals surface area contributed by atoms with E-state index in [0.717, 1.165) is 12.5 Å². The molecule has 1 atom stereocenters. The van der Waals surface area contributed by atoms with E-state index in [-0.39, 0.29) is 11.3 Å². The Hall–Kier alpha value is -0.530. The Kier molecular flexibility index (Phi) is 2.99. The number of rotatable bonds is 3. The summed E-state index contributed by atoms with van der Waals surface area (Å²) in [6, 6.07) is 0. The largest absolute Gasteiger partial charge is 0.355 e. The molecule has 1 aliphatic carbocycles. The average Bonchev–Trinajstić information content (AvgIpc) is 2.79. The predicted octanol–water partition coefficient (Wildman–Crippen LogP) is 2.19. The molecule has 2 heteroatoms. The zero-order chi connectivity index (χ0) is 10.1. The topological polar surface area (TPSA) is 29.1 Å². The molecule has 13 heavy (non-hydrogen) atoms. The van der Waals surface area contributed by atoms with Crippen molar-refractivity contribution in [2.24, 2.45) is 17.3 Å². The lowest BCUT2D eigenvalue weighted by Gasteiger charge is -2.19. The van der Waals surface area contributed by atoms with Crippen LogP contribution in [0.5, 0.6) is 0 Å². The van der Waals surface area contributed by atoms with Gasteiger partial charge in [-0.05, 0) is 24.7 Å². The zero-order valence-electron chi connectivity index (χ0n) is 9.18. The summed E-state index contributed by atoms with van der Waals surface area (Å²) in [7, 11) is 0. The maximum atomic E-state index is 11.5. The third kappa shape index (κ3) is 3.37. The fourth-order valence-electron chi connectivity index (χ4n) is 1.35. The Morgan fingerprint density at radius 2 is 2.00 bits per heavy atom. The van der Waals surface area contributed by atoms with Crippen molar-refractivity contribution >= 4 is 5.91 Å². The predicted molar refractivity (Wildman–Crippen MR) is 54.4 cm³/mol. The molecular formula is C11H21NO. The number of carbonyl (C=O) groups excluding carboxylic acids is 1. The number of amides is 1. The molecule has 0 aliphatic heterocycles. The van der Waals surface area contributed by atoms with E-state index in [9.17, 15) is 4.79 Å². The lowest BCUT2D eigenvalue weighted by Crippen LogP contribution is -2.37. The summed E-state index contributed by atoms with van der Waals surface area (Å²) < 4.78 is 0. The highest BCUT2D eigenvalue weighted by Crippen LogP contribution is 2.36. The van der Waals surface area contributed by atoms with Gasteiger partial charge in [0.25, 0.3) is 0 Å². The first-order valence-electron chi connectivity index (χ1n) is 5.19. The molecule has 76 valence electrons. The molecule has 0 aromatic heterocycles. The Labute approximate surface area is 81.1 Å². The SMILES string of the molecule is CC(CNC(=O)C(C)(C)C)C1CC1. The van der Waals surface area contributed by atoms with Crippen molar-refractivity contribution in [2.75, 3.05) is 6.54 Å². The van der Waals surface area contributed by atoms with Gasteiger partial charge in [-0.25, -0.2) is 0 Å². The van der Waals surface area contributed by atoms with Gasteiger partial charge in [-0.3, -0.25) is 4.79 Å². The maximum absolute atomic E-state index is 11.5. The van der Waals surface area contributed by atoms with Crippen LogP contribution >= 0.6 is 0 Å². The van der Waals surface area contributed by atoms with Crippen molar-refractivity contribution < 1.29 is 4.79 Å². The lowest BCUT2D eigenvalue weighted by atomic mass is 9.95. The average molecular weight is 183 g/mol. The second-order valence-electron chi connectivity index (χ2n) is 5.27. The maximum Gasteiger partial charge on any atom is 0.225 e. The summed E-state index contributed by atoms with van der Waals surface area (Å²) in [5.41, 5.74) is -0.247. The van der Waals surface area contributed by atoms with Crippen LogP contribution in [0.2, 0.25) is 0 Å². The normalized spacial score (nSPS) is 19.7. The fraction of sp³-hybridized carbons (Fsp3) is 0.909. The first-order valence-corrected chi connectivity index (χ1v) is 5.19. The smallest absolute Gasteiger partial charge is 0.225 e. The standard InChI is InChI=1S/C11H21NO/c1-8(9-5-6-9)7-12-10(13)11(2,3)4/h8-9H,5-7H2,1-4H3,(H,12,13). The minimum absolute atomic E-state index is 0.167. The van der Waals surface area contributed by atoms with Gasteiger partial charge in [-0.1, -0.05) is 27.7 Å². The highest BCUT2D eigenvalue weighted by molar-refractivity contribution is 5.81. The zero-order valence-corrected chi connectivity index (χ0v) is 9.18. The monoisotopic (exact) mass is 183 g/mol. The van der Waals surface area contributed by atoms with Crippen LogP contribution in [0, 0.1) is 17.3 Å². The summed E-state index contributed by atoms with van der Waals surface area (Å²) >= 11 is 0. The van der Waals surface area contributed by atoms with Crippen LogP contribution in [-0.4, -0.2) is 12.5 Å². The van der Waals surface area contributed by atoms with Crippen LogP contribution in [0.4, 0.5) is 0 Å². The summed E-state index contributed by atoms with van der Waals surface area (Å²) in [4.78, 5) is 11.5. The van der Waals surface area contributed by atoms with Crippen LogP contribution < -0.4 is 5.32 Å². The first kappa shape index (κ1) is 10.6. The molecule has 1 fully saturated rings. The van der Waals surface area contributed by atoms with Crippen LogP contribution in [0.3, 0.4) is 0 Å². The molecule has 0 spiro atoms. The van der Waals surface area contributed by atoms with Crippen molar-refractivity contribution in [1.82, 2.24) is 5.32 Å².